The third-order valence-corrected chi connectivity index (χ3v) is 2.48. The van der Waals surface area contributed by atoms with Gasteiger partial charge in [0.2, 0.25) is 0 Å². The van der Waals surface area contributed by atoms with E-state index in [1.807, 2.05) is 12.1 Å². The summed E-state index contributed by atoms with van der Waals surface area (Å²) < 4.78 is 0. The summed E-state index contributed by atoms with van der Waals surface area (Å²) >= 11 is 5.80. The van der Waals surface area contributed by atoms with Crippen LogP contribution in [0.1, 0.15) is 11.1 Å². The van der Waals surface area contributed by atoms with Crippen molar-refractivity contribution in [1.29, 1.82) is 0 Å². The molecule has 2 heteroatoms. The molecule has 0 bridgehead atoms. The van der Waals surface area contributed by atoms with Crippen LogP contribution in [0.15, 0.2) is 24.3 Å². The van der Waals surface area contributed by atoms with E-state index in [-0.39, 0.29) is 0 Å². The molecule has 0 radical (unpaired) electrons. The number of aryl methyl sites for hydroxylation is 2. The zero-order valence-corrected chi connectivity index (χ0v) is 8.39. The number of hydrogen-bond donors (Lipinski definition) is 0. The van der Waals surface area contributed by atoms with Crippen LogP contribution in [0.5, 0.6) is 0 Å². The predicted octanol–water partition coefficient (Wildman–Crippen LogP) is 3.51. The van der Waals surface area contributed by atoms with Crippen molar-refractivity contribution in [2.45, 2.75) is 13.8 Å². The van der Waals surface area contributed by atoms with Crippen molar-refractivity contribution < 1.29 is 0 Å². The Morgan fingerprint density at radius 2 is 1.77 bits per heavy atom. The lowest BCUT2D eigenvalue weighted by atomic mass is 10.1. The Labute approximate surface area is 82.4 Å². The number of pyridine rings is 1. The summed E-state index contributed by atoms with van der Waals surface area (Å²) in [6.45, 7) is 4.18. The van der Waals surface area contributed by atoms with E-state index < -0.39 is 0 Å². The van der Waals surface area contributed by atoms with Gasteiger partial charge in [-0.2, -0.15) is 0 Å². The number of rotatable bonds is 0. The maximum Gasteiger partial charge on any atom is 0.129 e. The zero-order valence-electron chi connectivity index (χ0n) is 7.63. The number of fused-ring (bicyclic) bond motifs is 1. The molecule has 13 heavy (non-hydrogen) atoms. The number of nitrogens with zero attached hydrogens (tertiary/aromatic N) is 1. The highest BCUT2D eigenvalue weighted by molar-refractivity contribution is 6.29. The zero-order chi connectivity index (χ0) is 9.42. The van der Waals surface area contributed by atoms with Crippen LogP contribution in [0.4, 0.5) is 0 Å². The fourth-order valence-corrected chi connectivity index (χ4v) is 1.52. The molecule has 0 saturated heterocycles. The Morgan fingerprint density at radius 1 is 1.08 bits per heavy atom. The first-order valence-corrected chi connectivity index (χ1v) is 4.58. The first-order chi connectivity index (χ1) is 6.16. The maximum atomic E-state index is 5.80. The van der Waals surface area contributed by atoms with Crippen molar-refractivity contribution in [2.75, 3.05) is 0 Å². The SMILES string of the molecule is Cc1cc2ccc(Cl)nc2cc1C. The fourth-order valence-electron chi connectivity index (χ4n) is 1.36. The molecule has 0 saturated carbocycles. The van der Waals surface area contributed by atoms with Gasteiger partial charge in [-0.3, -0.25) is 0 Å². The van der Waals surface area contributed by atoms with Crippen LogP contribution in [-0.2, 0) is 0 Å². The summed E-state index contributed by atoms with van der Waals surface area (Å²) in [6, 6.07) is 8.01. The molecule has 0 aliphatic heterocycles. The van der Waals surface area contributed by atoms with Gasteiger partial charge >= 0.3 is 0 Å². The first-order valence-electron chi connectivity index (χ1n) is 4.20. The third kappa shape index (κ3) is 1.52. The Balaban J connectivity index is 2.81. The van der Waals surface area contributed by atoms with Crippen molar-refractivity contribution in [3.8, 4) is 0 Å². The highest BCUT2D eigenvalue weighted by Gasteiger charge is 1.99. The second-order valence-corrected chi connectivity index (χ2v) is 3.65. The van der Waals surface area contributed by atoms with Gasteiger partial charge in [0.1, 0.15) is 5.15 Å². The molecular weight excluding hydrogens is 182 g/mol. The fraction of sp³-hybridized carbons (Fsp3) is 0.182. The molecule has 0 amide bonds. The average molecular weight is 192 g/mol. The number of halogens is 1. The van der Waals surface area contributed by atoms with Gasteiger partial charge in [0, 0.05) is 5.39 Å². The molecule has 2 aromatic rings. The molecule has 1 heterocycles. The molecule has 1 nitrogen and oxygen atoms in total. The van der Waals surface area contributed by atoms with Gasteiger partial charge in [0.25, 0.3) is 0 Å². The van der Waals surface area contributed by atoms with Crippen LogP contribution in [0.25, 0.3) is 10.9 Å². The van der Waals surface area contributed by atoms with E-state index >= 15 is 0 Å². The maximum absolute atomic E-state index is 5.80. The van der Waals surface area contributed by atoms with E-state index in [2.05, 4.69) is 31.0 Å². The van der Waals surface area contributed by atoms with E-state index in [9.17, 15) is 0 Å². The molecule has 0 aliphatic rings. The first kappa shape index (κ1) is 8.52. The quantitative estimate of drug-likeness (QED) is 0.581. The standard InChI is InChI=1S/C11H10ClN/c1-7-5-9-3-4-11(12)13-10(9)6-8(7)2/h3-6H,1-2H3. The lowest BCUT2D eigenvalue weighted by Gasteiger charge is -2.02. The Hall–Kier alpha value is -1.08. The lowest BCUT2D eigenvalue weighted by molar-refractivity contribution is 1.33. The summed E-state index contributed by atoms with van der Waals surface area (Å²) in [5.74, 6) is 0. The van der Waals surface area contributed by atoms with E-state index in [4.69, 9.17) is 11.6 Å². The van der Waals surface area contributed by atoms with Crippen molar-refractivity contribution in [1.82, 2.24) is 4.98 Å². The summed E-state index contributed by atoms with van der Waals surface area (Å²) in [7, 11) is 0. The summed E-state index contributed by atoms with van der Waals surface area (Å²) in [4.78, 5) is 4.24. The highest BCUT2D eigenvalue weighted by Crippen LogP contribution is 2.19. The van der Waals surface area contributed by atoms with Gasteiger partial charge in [-0.25, -0.2) is 4.98 Å². The van der Waals surface area contributed by atoms with E-state index in [1.165, 1.54) is 11.1 Å². The number of aromatic nitrogens is 1. The number of benzene rings is 1. The lowest BCUT2D eigenvalue weighted by Crippen LogP contribution is -1.84. The normalized spacial score (nSPS) is 10.7. The summed E-state index contributed by atoms with van der Waals surface area (Å²) in [5.41, 5.74) is 3.51. The molecule has 1 aromatic carbocycles. The molecule has 0 aliphatic carbocycles. The van der Waals surface area contributed by atoms with Crippen molar-refractivity contribution in [2.24, 2.45) is 0 Å². The van der Waals surface area contributed by atoms with E-state index in [0.717, 1.165) is 10.9 Å². The van der Waals surface area contributed by atoms with Gasteiger partial charge < -0.3 is 0 Å². The molecule has 2 rings (SSSR count). The van der Waals surface area contributed by atoms with Crippen molar-refractivity contribution >= 4 is 22.5 Å². The third-order valence-electron chi connectivity index (χ3n) is 2.27. The summed E-state index contributed by atoms with van der Waals surface area (Å²) in [5, 5.41) is 1.70. The smallest absolute Gasteiger partial charge is 0.129 e. The minimum atomic E-state index is 0.552. The van der Waals surface area contributed by atoms with Gasteiger partial charge in [-0.15, -0.1) is 0 Å². The van der Waals surface area contributed by atoms with Crippen molar-refractivity contribution in [3.63, 3.8) is 0 Å². The molecule has 66 valence electrons. The topological polar surface area (TPSA) is 12.9 Å². The molecular formula is C11H10ClN. The second-order valence-electron chi connectivity index (χ2n) is 3.26. The Kier molecular flexibility index (Phi) is 1.97. The second kappa shape index (κ2) is 3.00. The average Bonchev–Trinajstić information content (AvgIpc) is 2.08. The van der Waals surface area contributed by atoms with Gasteiger partial charge in [0.05, 0.1) is 5.52 Å². The summed E-state index contributed by atoms with van der Waals surface area (Å²) in [6.07, 6.45) is 0. The molecule has 0 unspecified atom stereocenters. The molecule has 0 N–H and O–H groups in total. The van der Waals surface area contributed by atoms with Gasteiger partial charge in [-0.05, 0) is 49.2 Å². The van der Waals surface area contributed by atoms with E-state index in [1.54, 1.807) is 0 Å². The molecule has 1 aromatic heterocycles. The van der Waals surface area contributed by atoms with Crippen LogP contribution < -0.4 is 0 Å². The Morgan fingerprint density at radius 3 is 2.54 bits per heavy atom. The van der Waals surface area contributed by atoms with Crippen LogP contribution in [0.3, 0.4) is 0 Å². The molecule has 0 spiro atoms. The van der Waals surface area contributed by atoms with Crippen LogP contribution in [0, 0.1) is 13.8 Å². The monoisotopic (exact) mass is 191 g/mol. The van der Waals surface area contributed by atoms with Gasteiger partial charge in [-0.1, -0.05) is 11.6 Å². The van der Waals surface area contributed by atoms with Gasteiger partial charge in [0.15, 0.2) is 0 Å². The molecule has 0 atom stereocenters. The molecule has 0 fully saturated rings. The Bertz CT molecular complexity index is 463. The predicted molar refractivity (Wildman–Crippen MR) is 56.2 cm³/mol. The number of hydrogen-bond acceptors (Lipinski definition) is 1. The van der Waals surface area contributed by atoms with Crippen molar-refractivity contribution in [3.05, 3.63) is 40.5 Å². The van der Waals surface area contributed by atoms with Crippen LogP contribution in [0.2, 0.25) is 5.15 Å². The minimum Gasteiger partial charge on any atom is -0.236 e. The van der Waals surface area contributed by atoms with Crippen LogP contribution in [-0.4, -0.2) is 4.98 Å². The van der Waals surface area contributed by atoms with Crippen LogP contribution >= 0.6 is 11.6 Å². The highest BCUT2D eigenvalue weighted by atomic mass is 35.5. The largest absolute Gasteiger partial charge is 0.236 e. The minimum absolute atomic E-state index is 0.552. The van der Waals surface area contributed by atoms with E-state index in [0.29, 0.717) is 5.15 Å².